The average Bonchev–Trinajstić information content (AvgIpc) is 3.07. The number of nitrogens with zero attached hydrogens (tertiary/aromatic N) is 1. The van der Waals surface area contributed by atoms with Crippen molar-refractivity contribution in [2.24, 2.45) is 5.92 Å². The van der Waals surface area contributed by atoms with Gasteiger partial charge in [-0.15, -0.1) is 0 Å². The molecule has 25 heavy (non-hydrogen) atoms. The number of benzene rings is 1. The minimum Gasteiger partial charge on any atom is -0.381 e. The second-order valence-corrected chi connectivity index (χ2v) is 7.90. The number of amides is 1. The van der Waals surface area contributed by atoms with E-state index in [1.807, 2.05) is 24.3 Å². The van der Waals surface area contributed by atoms with Gasteiger partial charge < -0.3 is 4.74 Å². The first-order valence-electron chi connectivity index (χ1n) is 8.10. The first-order chi connectivity index (χ1) is 12.0. The van der Waals surface area contributed by atoms with Crippen LogP contribution in [0.25, 0.3) is 11.3 Å². The number of pyridine rings is 1. The molecule has 7 heteroatoms. The summed E-state index contributed by atoms with van der Waals surface area (Å²) in [7, 11) is -3.70. The zero-order chi connectivity index (χ0) is 17.9. The molecule has 2 heterocycles. The molecule has 1 aliphatic heterocycles. The van der Waals surface area contributed by atoms with Gasteiger partial charge in [-0.3, -0.25) is 9.78 Å². The molecule has 1 fully saturated rings. The van der Waals surface area contributed by atoms with E-state index in [9.17, 15) is 13.2 Å². The standard InChI is InChI=1S/C18H20N2O4S/c1-13-15(17-7-2-3-9-19-17)5-4-6-16(13)18(21)20-25(22,23)12-14-8-10-24-11-14/h2-7,9,14H,8,10-12H2,1H3,(H,20,21)/t14-/m1/s1. The summed E-state index contributed by atoms with van der Waals surface area (Å²) in [6.45, 7) is 2.78. The number of carbonyl (C=O) groups excluding carboxylic acids is 1. The van der Waals surface area contributed by atoms with Crippen LogP contribution in [-0.2, 0) is 14.8 Å². The summed E-state index contributed by atoms with van der Waals surface area (Å²) in [5.74, 6) is -0.780. The second-order valence-electron chi connectivity index (χ2n) is 6.14. The molecule has 0 spiro atoms. The lowest BCUT2D eigenvalue weighted by molar-refractivity contribution is 0.0980. The van der Waals surface area contributed by atoms with Gasteiger partial charge in [0, 0.05) is 29.8 Å². The van der Waals surface area contributed by atoms with Gasteiger partial charge in [0.25, 0.3) is 5.91 Å². The quantitative estimate of drug-likeness (QED) is 0.883. The second kappa shape index (κ2) is 7.33. The summed E-state index contributed by atoms with van der Waals surface area (Å²) in [4.78, 5) is 16.8. The van der Waals surface area contributed by atoms with Crippen LogP contribution in [0.1, 0.15) is 22.3 Å². The predicted octanol–water partition coefficient (Wildman–Crippen LogP) is 2.15. The third kappa shape index (κ3) is 4.24. The molecule has 0 radical (unpaired) electrons. The van der Waals surface area contributed by atoms with Gasteiger partial charge in [-0.2, -0.15) is 0 Å². The maximum absolute atomic E-state index is 12.5. The van der Waals surface area contributed by atoms with Gasteiger partial charge in [0.15, 0.2) is 0 Å². The van der Waals surface area contributed by atoms with Gasteiger partial charge in [-0.05, 0) is 37.1 Å². The minimum absolute atomic E-state index is 0.0637. The Morgan fingerprint density at radius 1 is 1.28 bits per heavy atom. The lowest BCUT2D eigenvalue weighted by atomic mass is 9.99. The van der Waals surface area contributed by atoms with E-state index in [-0.39, 0.29) is 11.7 Å². The molecule has 1 aromatic heterocycles. The SMILES string of the molecule is Cc1c(C(=O)NS(=O)(=O)C[C@@H]2CCOC2)cccc1-c1ccccn1. The highest BCUT2D eigenvalue weighted by molar-refractivity contribution is 7.90. The van der Waals surface area contributed by atoms with E-state index in [0.29, 0.717) is 30.8 Å². The molecule has 1 amide bonds. The van der Waals surface area contributed by atoms with Gasteiger partial charge in [0.1, 0.15) is 0 Å². The van der Waals surface area contributed by atoms with E-state index >= 15 is 0 Å². The molecule has 2 aromatic rings. The van der Waals surface area contributed by atoms with Crippen LogP contribution in [0.5, 0.6) is 0 Å². The summed E-state index contributed by atoms with van der Waals surface area (Å²) in [5, 5.41) is 0. The van der Waals surface area contributed by atoms with Crippen molar-refractivity contribution in [1.82, 2.24) is 9.71 Å². The third-order valence-corrected chi connectivity index (χ3v) is 5.65. The monoisotopic (exact) mass is 360 g/mol. The smallest absolute Gasteiger partial charge is 0.265 e. The summed E-state index contributed by atoms with van der Waals surface area (Å²) in [5.41, 5.74) is 2.56. The molecule has 1 N–H and O–H groups in total. The Morgan fingerprint density at radius 2 is 2.12 bits per heavy atom. The fourth-order valence-corrected chi connectivity index (χ4v) is 4.30. The molecule has 1 aromatic carbocycles. The van der Waals surface area contributed by atoms with Gasteiger partial charge in [-0.1, -0.05) is 18.2 Å². The van der Waals surface area contributed by atoms with Crippen LogP contribution >= 0.6 is 0 Å². The molecule has 1 aliphatic rings. The number of nitrogens with one attached hydrogen (secondary N) is 1. The molecule has 0 aliphatic carbocycles. The number of sulfonamides is 1. The molecular formula is C18H20N2O4S. The van der Waals surface area contributed by atoms with Crippen LogP contribution in [0.2, 0.25) is 0 Å². The Hall–Kier alpha value is -2.25. The largest absolute Gasteiger partial charge is 0.381 e. The van der Waals surface area contributed by atoms with E-state index in [2.05, 4.69) is 9.71 Å². The average molecular weight is 360 g/mol. The van der Waals surface area contributed by atoms with Crippen LogP contribution in [-0.4, -0.2) is 38.3 Å². The first-order valence-corrected chi connectivity index (χ1v) is 9.75. The fraction of sp³-hybridized carbons (Fsp3) is 0.333. The van der Waals surface area contributed by atoms with Crippen molar-refractivity contribution in [3.05, 3.63) is 53.7 Å². The van der Waals surface area contributed by atoms with Crippen molar-refractivity contribution in [2.45, 2.75) is 13.3 Å². The van der Waals surface area contributed by atoms with Crippen molar-refractivity contribution in [1.29, 1.82) is 0 Å². The van der Waals surface area contributed by atoms with Gasteiger partial charge in [0.05, 0.1) is 18.1 Å². The molecule has 132 valence electrons. The number of ether oxygens (including phenoxy) is 1. The Balaban J connectivity index is 1.80. The number of aromatic nitrogens is 1. The van der Waals surface area contributed by atoms with Gasteiger partial charge >= 0.3 is 0 Å². The van der Waals surface area contributed by atoms with Crippen LogP contribution in [0.15, 0.2) is 42.6 Å². The molecule has 1 saturated heterocycles. The molecule has 0 bridgehead atoms. The third-order valence-electron chi connectivity index (χ3n) is 4.25. The molecular weight excluding hydrogens is 340 g/mol. The van der Waals surface area contributed by atoms with Crippen LogP contribution in [0, 0.1) is 12.8 Å². The summed E-state index contributed by atoms with van der Waals surface area (Å²) >= 11 is 0. The minimum atomic E-state index is -3.70. The summed E-state index contributed by atoms with van der Waals surface area (Å²) < 4.78 is 31.8. The Kier molecular flexibility index (Phi) is 5.15. The molecule has 1 atom stereocenters. The van der Waals surface area contributed by atoms with E-state index in [1.165, 1.54) is 0 Å². The highest BCUT2D eigenvalue weighted by Crippen LogP contribution is 2.24. The Labute approximate surface area is 147 Å². The van der Waals surface area contributed by atoms with Crippen LogP contribution < -0.4 is 4.72 Å². The van der Waals surface area contributed by atoms with Gasteiger partial charge in [-0.25, -0.2) is 13.1 Å². The number of carbonyl (C=O) groups is 1. The summed E-state index contributed by atoms with van der Waals surface area (Å²) in [6, 6.07) is 10.7. The Morgan fingerprint density at radius 3 is 2.80 bits per heavy atom. The number of hydrogen-bond donors (Lipinski definition) is 1. The molecule has 6 nitrogen and oxygen atoms in total. The number of rotatable bonds is 5. The van der Waals surface area contributed by atoms with E-state index < -0.39 is 15.9 Å². The van der Waals surface area contributed by atoms with Crippen molar-refractivity contribution in [2.75, 3.05) is 19.0 Å². The predicted molar refractivity (Wildman–Crippen MR) is 94.6 cm³/mol. The first kappa shape index (κ1) is 17.6. The topological polar surface area (TPSA) is 85.4 Å². The van der Waals surface area contributed by atoms with Crippen LogP contribution in [0.4, 0.5) is 0 Å². The van der Waals surface area contributed by atoms with Crippen molar-refractivity contribution < 1.29 is 17.9 Å². The Bertz CT molecular complexity index is 860. The van der Waals surface area contributed by atoms with Crippen LogP contribution in [0.3, 0.4) is 0 Å². The zero-order valence-corrected chi connectivity index (χ0v) is 14.8. The van der Waals surface area contributed by atoms with Crippen molar-refractivity contribution >= 4 is 15.9 Å². The fourth-order valence-electron chi connectivity index (χ4n) is 2.94. The lowest BCUT2D eigenvalue weighted by Gasteiger charge is -2.13. The molecule has 0 unspecified atom stereocenters. The normalized spacial score (nSPS) is 17.4. The molecule has 3 rings (SSSR count). The van der Waals surface area contributed by atoms with E-state index in [4.69, 9.17) is 4.74 Å². The highest BCUT2D eigenvalue weighted by Gasteiger charge is 2.25. The van der Waals surface area contributed by atoms with Gasteiger partial charge in [0.2, 0.25) is 10.0 Å². The maximum Gasteiger partial charge on any atom is 0.265 e. The molecule has 0 saturated carbocycles. The van der Waals surface area contributed by atoms with Crippen molar-refractivity contribution in [3.8, 4) is 11.3 Å². The zero-order valence-electron chi connectivity index (χ0n) is 13.9. The van der Waals surface area contributed by atoms with E-state index in [1.54, 1.807) is 25.3 Å². The maximum atomic E-state index is 12.5. The summed E-state index contributed by atoms with van der Waals surface area (Å²) in [6.07, 6.45) is 2.37. The lowest BCUT2D eigenvalue weighted by Crippen LogP contribution is -2.35. The van der Waals surface area contributed by atoms with E-state index in [0.717, 1.165) is 11.3 Å². The van der Waals surface area contributed by atoms with Crippen molar-refractivity contribution in [3.63, 3.8) is 0 Å². The number of hydrogen-bond acceptors (Lipinski definition) is 5. The highest BCUT2D eigenvalue weighted by atomic mass is 32.2.